The lowest BCUT2D eigenvalue weighted by Crippen LogP contribution is -2.12. The first-order chi connectivity index (χ1) is 9.47. The molecule has 1 heterocycles. The second kappa shape index (κ2) is 5.39. The summed E-state index contributed by atoms with van der Waals surface area (Å²) in [5.74, 6) is -2.50. The zero-order valence-electron chi connectivity index (χ0n) is 9.84. The molecule has 1 N–H and O–H groups in total. The van der Waals surface area contributed by atoms with E-state index in [1.165, 1.54) is 6.07 Å². The zero-order chi connectivity index (χ0) is 14.7. The molecule has 2 aromatic rings. The van der Waals surface area contributed by atoms with Crippen LogP contribution >= 0.6 is 0 Å². The van der Waals surface area contributed by atoms with Crippen molar-refractivity contribution in [3.05, 3.63) is 64.0 Å². The summed E-state index contributed by atoms with van der Waals surface area (Å²) >= 11 is 0. The van der Waals surface area contributed by atoms with Gasteiger partial charge in [0.15, 0.2) is 0 Å². The highest BCUT2D eigenvalue weighted by Gasteiger charge is 2.16. The van der Waals surface area contributed by atoms with Crippen LogP contribution in [0.3, 0.4) is 0 Å². The highest BCUT2D eigenvalue weighted by atomic mass is 19.1. The van der Waals surface area contributed by atoms with Crippen LogP contribution in [0, 0.1) is 21.9 Å². The number of rotatable bonds is 3. The third kappa shape index (κ3) is 2.91. The second-order valence-corrected chi connectivity index (χ2v) is 3.75. The molecule has 6 nitrogen and oxygen atoms in total. The van der Waals surface area contributed by atoms with Crippen molar-refractivity contribution in [2.75, 3.05) is 5.32 Å². The SMILES string of the molecule is O=C(Nc1ccc(F)nc1)c1ccc([N+](=O)[O-])c(F)c1. The van der Waals surface area contributed by atoms with Crippen molar-refractivity contribution in [2.45, 2.75) is 0 Å². The van der Waals surface area contributed by atoms with Crippen molar-refractivity contribution in [3.8, 4) is 0 Å². The van der Waals surface area contributed by atoms with Gasteiger partial charge in [0.1, 0.15) is 0 Å². The predicted octanol–water partition coefficient (Wildman–Crippen LogP) is 2.52. The van der Waals surface area contributed by atoms with Gasteiger partial charge in [-0.2, -0.15) is 8.78 Å². The first kappa shape index (κ1) is 13.5. The van der Waals surface area contributed by atoms with Gasteiger partial charge in [0.05, 0.1) is 16.8 Å². The molecule has 0 bridgehead atoms. The molecule has 8 heteroatoms. The lowest BCUT2D eigenvalue weighted by molar-refractivity contribution is -0.387. The lowest BCUT2D eigenvalue weighted by Gasteiger charge is -2.04. The van der Waals surface area contributed by atoms with Crippen LogP contribution in [0.15, 0.2) is 36.5 Å². The number of benzene rings is 1. The summed E-state index contributed by atoms with van der Waals surface area (Å²) in [6.45, 7) is 0. The van der Waals surface area contributed by atoms with Crippen LogP contribution in [0.5, 0.6) is 0 Å². The Hall–Kier alpha value is -2.90. The Morgan fingerprint density at radius 3 is 2.55 bits per heavy atom. The summed E-state index contributed by atoms with van der Waals surface area (Å²) in [5, 5.41) is 12.8. The van der Waals surface area contributed by atoms with Gasteiger partial charge < -0.3 is 5.32 Å². The van der Waals surface area contributed by atoms with Gasteiger partial charge in [0.25, 0.3) is 5.91 Å². The maximum absolute atomic E-state index is 13.4. The van der Waals surface area contributed by atoms with E-state index in [0.29, 0.717) is 0 Å². The Bertz CT molecular complexity index is 674. The molecule has 0 spiro atoms. The molecule has 2 rings (SSSR count). The Morgan fingerprint density at radius 1 is 1.25 bits per heavy atom. The summed E-state index contributed by atoms with van der Waals surface area (Å²) < 4.78 is 26.0. The lowest BCUT2D eigenvalue weighted by atomic mass is 10.2. The molecule has 0 aliphatic heterocycles. The standard InChI is InChI=1S/C12H7F2N3O3/c13-9-5-7(1-3-10(9)17(19)20)12(18)16-8-2-4-11(14)15-6-8/h1-6H,(H,16,18). The number of pyridine rings is 1. The molecule has 1 amide bonds. The van der Waals surface area contributed by atoms with Crippen molar-refractivity contribution in [3.63, 3.8) is 0 Å². The maximum atomic E-state index is 13.4. The molecule has 0 aliphatic carbocycles. The fourth-order valence-corrected chi connectivity index (χ4v) is 1.45. The summed E-state index contributed by atoms with van der Waals surface area (Å²) in [4.78, 5) is 24.7. The van der Waals surface area contributed by atoms with Crippen molar-refractivity contribution in [1.82, 2.24) is 4.98 Å². The van der Waals surface area contributed by atoms with Gasteiger partial charge in [-0.1, -0.05) is 0 Å². The third-order valence-corrected chi connectivity index (χ3v) is 2.39. The number of nitro benzene ring substituents is 1. The number of hydrogen-bond acceptors (Lipinski definition) is 4. The Balaban J connectivity index is 2.19. The molecule has 20 heavy (non-hydrogen) atoms. The highest BCUT2D eigenvalue weighted by molar-refractivity contribution is 6.04. The fraction of sp³-hybridized carbons (Fsp3) is 0. The number of aromatic nitrogens is 1. The van der Waals surface area contributed by atoms with E-state index in [1.54, 1.807) is 0 Å². The minimum Gasteiger partial charge on any atom is -0.321 e. The van der Waals surface area contributed by atoms with E-state index in [-0.39, 0.29) is 11.3 Å². The molecule has 0 saturated carbocycles. The van der Waals surface area contributed by atoms with E-state index in [4.69, 9.17) is 0 Å². The van der Waals surface area contributed by atoms with Crippen molar-refractivity contribution in [1.29, 1.82) is 0 Å². The molecule has 0 atom stereocenters. The fourth-order valence-electron chi connectivity index (χ4n) is 1.45. The van der Waals surface area contributed by atoms with Crippen LogP contribution in [-0.2, 0) is 0 Å². The number of amides is 1. The minimum absolute atomic E-state index is 0.0996. The number of nitro groups is 1. The van der Waals surface area contributed by atoms with E-state index < -0.39 is 28.3 Å². The van der Waals surface area contributed by atoms with E-state index >= 15 is 0 Å². The van der Waals surface area contributed by atoms with E-state index in [2.05, 4.69) is 10.3 Å². The number of carbonyl (C=O) groups is 1. The summed E-state index contributed by atoms with van der Waals surface area (Å²) in [7, 11) is 0. The van der Waals surface area contributed by atoms with Gasteiger partial charge in [-0.25, -0.2) is 4.98 Å². The van der Waals surface area contributed by atoms with Gasteiger partial charge in [0, 0.05) is 11.6 Å². The van der Waals surface area contributed by atoms with Crippen LogP contribution in [0.2, 0.25) is 0 Å². The topological polar surface area (TPSA) is 85.1 Å². The Labute approximate surface area is 111 Å². The van der Waals surface area contributed by atoms with Crippen molar-refractivity contribution in [2.24, 2.45) is 0 Å². The van der Waals surface area contributed by atoms with Crippen LogP contribution in [0.25, 0.3) is 0 Å². The van der Waals surface area contributed by atoms with E-state index in [1.807, 2.05) is 0 Å². The van der Waals surface area contributed by atoms with Crippen LogP contribution in [0.1, 0.15) is 10.4 Å². The minimum atomic E-state index is -1.11. The van der Waals surface area contributed by atoms with E-state index in [9.17, 15) is 23.7 Å². The predicted molar refractivity (Wildman–Crippen MR) is 65.2 cm³/mol. The zero-order valence-corrected chi connectivity index (χ0v) is 9.84. The maximum Gasteiger partial charge on any atom is 0.304 e. The van der Waals surface area contributed by atoms with Crippen LogP contribution in [0.4, 0.5) is 20.2 Å². The molecule has 0 fully saturated rings. The first-order valence-corrected chi connectivity index (χ1v) is 5.34. The molecule has 1 aromatic heterocycles. The van der Waals surface area contributed by atoms with Gasteiger partial charge in [-0.15, -0.1) is 0 Å². The van der Waals surface area contributed by atoms with Gasteiger partial charge >= 0.3 is 5.69 Å². The highest BCUT2D eigenvalue weighted by Crippen LogP contribution is 2.18. The smallest absolute Gasteiger partial charge is 0.304 e. The number of hydrogen-bond donors (Lipinski definition) is 1. The number of carbonyl (C=O) groups excluding carboxylic acids is 1. The molecular formula is C12H7F2N3O3. The largest absolute Gasteiger partial charge is 0.321 e. The van der Waals surface area contributed by atoms with Gasteiger partial charge in [-0.05, 0) is 24.3 Å². The molecule has 0 radical (unpaired) electrons. The average molecular weight is 279 g/mol. The van der Waals surface area contributed by atoms with Gasteiger partial charge in [0.2, 0.25) is 11.8 Å². The summed E-state index contributed by atoms with van der Waals surface area (Å²) in [6.07, 6.45) is 1.09. The molecule has 0 aliphatic rings. The molecule has 1 aromatic carbocycles. The van der Waals surface area contributed by atoms with Crippen molar-refractivity contribution >= 4 is 17.3 Å². The molecular weight excluding hydrogens is 272 g/mol. The number of anilines is 1. The normalized spacial score (nSPS) is 10.1. The Morgan fingerprint density at radius 2 is 2.00 bits per heavy atom. The van der Waals surface area contributed by atoms with Crippen LogP contribution in [-0.4, -0.2) is 15.8 Å². The first-order valence-electron chi connectivity index (χ1n) is 5.34. The molecule has 0 saturated heterocycles. The number of halogens is 2. The number of nitrogens with one attached hydrogen (secondary N) is 1. The Kier molecular flexibility index (Phi) is 3.65. The summed E-state index contributed by atoms with van der Waals surface area (Å²) in [5.41, 5.74) is -0.599. The van der Waals surface area contributed by atoms with E-state index in [0.717, 1.165) is 30.5 Å². The number of nitrogens with zero attached hydrogens (tertiary/aromatic N) is 2. The average Bonchev–Trinajstić information content (AvgIpc) is 2.40. The third-order valence-electron chi connectivity index (χ3n) is 2.39. The monoisotopic (exact) mass is 279 g/mol. The molecule has 102 valence electrons. The van der Waals surface area contributed by atoms with Crippen molar-refractivity contribution < 1.29 is 18.5 Å². The van der Waals surface area contributed by atoms with Gasteiger partial charge in [-0.3, -0.25) is 14.9 Å². The van der Waals surface area contributed by atoms with Crippen LogP contribution < -0.4 is 5.32 Å². The summed E-state index contributed by atoms with van der Waals surface area (Å²) in [6, 6.07) is 5.10. The quantitative estimate of drug-likeness (QED) is 0.531. The molecule has 0 unspecified atom stereocenters. The second-order valence-electron chi connectivity index (χ2n) is 3.75.